The second-order valence-electron chi connectivity index (χ2n) is 10.1. The lowest BCUT2D eigenvalue weighted by Gasteiger charge is -2.19. The highest BCUT2D eigenvalue weighted by atomic mass is 127. The predicted molar refractivity (Wildman–Crippen MR) is 163 cm³/mol. The van der Waals surface area contributed by atoms with Crippen LogP contribution in [0.5, 0.6) is 0 Å². The fourth-order valence-electron chi connectivity index (χ4n) is 4.08. The van der Waals surface area contributed by atoms with Gasteiger partial charge in [0.15, 0.2) is 0 Å². The van der Waals surface area contributed by atoms with Crippen LogP contribution in [0.4, 0.5) is 0 Å². The van der Waals surface area contributed by atoms with E-state index in [0.717, 1.165) is 27.4 Å². The van der Waals surface area contributed by atoms with E-state index in [0.29, 0.717) is 19.6 Å². The first-order valence-electron chi connectivity index (χ1n) is 14.4. The number of unbranched alkanes of at least 4 members (excludes halogenated alkanes) is 11. The number of hydrogen-bond donors (Lipinski definition) is 3. The average Bonchev–Trinajstić information content (AvgIpc) is 2.88. The van der Waals surface area contributed by atoms with Gasteiger partial charge in [0.05, 0.1) is 25.9 Å². The molecule has 3 N–H and O–H groups in total. The summed E-state index contributed by atoms with van der Waals surface area (Å²) in [6, 6.07) is 1.16. The quantitative estimate of drug-likeness (QED) is 0.0511. The Bertz CT molecular complexity index is 895. The fourth-order valence-corrected chi connectivity index (χ4v) is 5.40. The molecule has 228 valence electrons. The molecule has 12 heteroatoms. The monoisotopic (exact) mass is 688 g/mol. The Balaban J connectivity index is 1.93. The summed E-state index contributed by atoms with van der Waals surface area (Å²) in [5.41, 5.74) is -1.19. The van der Waals surface area contributed by atoms with Gasteiger partial charge in [-0.3, -0.25) is 18.9 Å². The second-order valence-corrected chi connectivity index (χ2v) is 14.0. The number of hydrogen-bond acceptors (Lipinski definition) is 7. The third-order valence-electron chi connectivity index (χ3n) is 6.34. The van der Waals surface area contributed by atoms with Gasteiger partial charge in [-0.2, -0.15) is 0 Å². The maximum absolute atomic E-state index is 12.2. The van der Waals surface area contributed by atoms with Crippen molar-refractivity contribution in [1.29, 1.82) is 0 Å². The Morgan fingerprint density at radius 1 is 0.923 bits per heavy atom. The minimum absolute atomic E-state index is 0.0535. The van der Waals surface area contributed by atoms with Crippen LogP contribution >= 0.6 is 30.2 Å². The highest BCUT2D eigenvalue weighted by Gasteiger charge is 2.22. The fraction of sp³-hybridized carbons (Fsp3) is 0.852. The van der Waals surface area contributed by atoms with Gasteiger partial charge in [0.2, 0.25) is 0 Å². The number of halogens is 1. The van der Waals surface area contributed by atoms with Crippen molar-refractivity contribution in [3.8, 4) is 0 Å². The largest absolute Gasteiger partial charge is 0.394 e. The van der Waals surface area contributed by atoms with E-state index in [-0.39, 0.29) is 13.2 Å². The Labute approximate surface area is 246 Å². The number of rotatable bonds is 26. The van der Waals surface area contributed by atoms with E-state index < -0.39 is 37.9 Å². The van der Waals surface area contributed by atoms with Crippen molar-refractivity contribution in [1.82, 2.24) is 9.55 Å². The summed E-state index contributed by atoms with van der Waals surface area (Å²) < 4.78 is 30.0. The minimum atomic E-state index is -4.01. The molecule has 39 heavy (non-hydrogen) atoms. The molecule has 1 heterocycles. The Hall–Kier alpha value is -0.560. The molecule has 0 radical (unpaired) electrons. The van der Waals surface area contributed by atoms with Gasteiger partial charge in [-0.15, -0.1) is 0 Å². The first-order valence-corrected chi connectivity index (χ1v) is 17.4. The molecule has 0 saturated heterocycles. The summed E-state index contributed by atoms with van der Waals surface area (Å²) in [6.45, 7) is 2.91. The molecule has 0 aliphatic rings. The molecule has 1 rings (SSSR count). The number of aliphatic hydroxyl groups is 1. The first-order chi connectivity index (χ1) is 18.7. The molecule has 1 aromatic rings. The summed E-state index contributed by atoms with van der Waals surface area (Å²) in [5.74, 6) is 0. The van der Waals surface area contributed by atoms with E-state index in [1.54, 1.807) is 0 Å². The van der Waals surface area contributed by atoms with Gasteiger partial charge in [0, 0.05) is 29.4 Å². The number of nitrogens with zero attached hydrogens (tertiary/aromatic N) is 1. The van der Waals surface area contributed by atoms with Crippen molar-refractivity contribution in [3.63, 3.8) is 0 Å². The van der Waals surface area contributed by atoms with Crippen LogP contribution in [-0.2, 0) is 25.1 Å². The van der Waals surface area contributed by atoms with Crippen LogP contribution in [0.2, 0.25) is 0 Å². The third-order valence-corrected chi connectivity index (χ3v) is 8.03. The number of aromatic amines is 1. The van der Waals surface area contributed by atoms with Gasteiger partial charge in [0.25, 0.3) is 5.56 Å². The first kappa shape index (κ1) is 36.5. The summed E-state index contributed by atoms with van der Waals surface area (Å²) in [7, 11) is -4.01. The second kappa shape index (κ2) is 23.1. The summed E-state index contributed by atoms with van der Waals surface area (Å²) in [5, 5.41) is 9.44. The standard InChI is InChI=1S/C27H50IN2O8P/c1-24(28)15-12-10-8-6-4-2-3-5-7-9-11-13-18-36-19-14-20-38-39(34,35)23-37-25(22-31)21-30-17-16-26(32)29-27(30)33/h16-17,24-25,31H,2-15,18-23H2,1H3,(H,34,35)(H,29,32,33). The smallest absolute Gasteiger partial charge is 0.353 e. The molecule has 0 aliphatic heterocycles. The molecule has 0 amide bonds. The van der Waals surface area contributed by atoms with E-state index in [2.05, 4.69) is 34.5 Å². The lowest BCUT2D eigenvalue weighted by molar-refractivity contribution is 0.0162. The van der Waals surface area contributed by atoms with Crippen molar-refractivity contribution in [2.75, 3.05) is 32.8 Å². The molecule has 3 unspecified atom stereocenters. The van der Waals surface area contributed by atoms with Crippen molar-refractivity contribution < 1.29 is 28.6 Å². The lowest BCUT2D eigenvalue weighted by atomic mass is 10.0. The van der Waals surface area contributed by atoms with Crippen molar-refractivity contribution >= 4 is 30.2 Å². The van der Waals surface area contributed by atoms with E-state index >= 15 is 0 Å². The highest BCUT2D eigenvalue weighted by Crippen LogP contribution is 2.42. The minimum Gasteiger partial charge on any atom is -0.394 e. The molecule has 0 aromatic carbocycles. The maximum atomic E-state index is 12.2. The molecule has 1 aromatic heterocycles. The lowest BCUT2D eigenvalue weighted by Crippen LogP contribution is -2.34. The molecule has 0 saturated carbocycles. The number of H-pyrrole nitrogens is 1. The Morgan fingerprint density at radius 2 is 1.49 bits per heavy atom. The zero-order chi connectivity index (χ0) is 28.8. The summed E-state index contributed by atoms with van der Waals surface area (Å²) in [4.78, 5) is 34.9. The van der Waals surface area contributed by atoms with Gasteiger partial charge in [0.1, 0.15) is 6.35 Å². The van der Waals surface area contributed by atoms with Crippen LogP contribution in [-0.4, -0.2) is 62.4 Å². The van der Waals surface area contributed by atoms with E-state index in [9.17, 15) is 24.2 Å². The van der Waals surface area contributed by atoms with Crippen LogP contribution < -0.4 is 11.2 Å². The summed E-state index contributed by atoms with van der Waals surface area (Å²) in [6.07, 6.45) is 17.2. The molecule has 0 spiro atoms. The van der Waals surface area contributed by atoms with E-state index in [1.165, 1.54) is 76.8 Å². The molecule has 3 atom stereocenters. The number of aromatic nitrogens is 2. The topological polar surface area (TPSA) is 140 Å². The number of alkyl halides is 1. The maximum Gasteiger partial charge on any atom is 0.353 e. The molecule has 0 bridgehead atoms. The Kier molecular flexibility index (Phi) is 21.6. The normalized spacial score (nSPS) is 14.8. The number of ether oxygens (including phenoxy) is 2. The number of nitrogens with one attached hydrogen (secondary N) is 1. The summed E-state index contributed by atoms with van der Waals surface area (Å²) >= 11 is 2.51. The van der Waals surface area contributed by atoms with Gasteiger partial charge >= 0.3 is 13.3 Å². The van der Waals surface area contributed by atoms with Gasteiger partial charge in [-0.1, -0.05) is 100 Å². The average molecular weight is 689 g/mol. The van der Waals surface area contributed by atoms with Crippen LogP contribution in [0.1, 0.15) is 96.8 Å². The third kappa shape index (κ3) is 20.9. The van der Waals surface area contributed by atoms with Gasteiger partial charge in [-0.25, -0.2) is 4.79 Å². The Morgan fingerprint density at radius 3 is 2.05 bits per heavy atom. The molecular formula is C27H50IN2O8P. The zero-order valence-electron chi connectivity index (χ0n) is 23.6. The van der Waals surface area contributed by atoms with Gasteiger partial charge in [-0.05, 0) is 19.3 Å². The number of aliphatic hydroxyl groups excluding tert-OH is 1. The van der Waals surface area contributed by atoms with Crippen LogP contribution in [0, 0.1) is 0 Å². The van der Waals surface area contributed by atoms with E-state index in [4.69, 9.17) is 14.0 Å². The van der Waals surface area contributed by atoms with E-state index in [1.807, 2.05) is 0 Å². The molecule has 10 nitrogen and oxygen atoms in total. The molecule has 0 aliphatic carbocycles. The highest BCUT2D eigenvalue weighted by molar-refractivity contribution is 14.1. The van der Waals surface area contributed by atoms with Crippen molar-refractivity contribution in [2.45, 2.75) is 113 Å². The van der Waals surface area contributed by atoms with Crippen LogP contribution in [0.25, 0.3) is 0 Å². The SMILES string of the molecule is CC(I)CCCCCCCCCCCCCCOCCCOP(=O)(O)COC(CO)Cn1ccc(=O)[nH]c1=O. The van der Waals surface area contributed by atoms with Gasteiger partial charge < -0.3 is 24.0 Å². The van der Waals surface area contributed by atoms with Crippen molar-refractivity contribution in [3.05, 3.63) is 33.1 Å². The molecule has 0 fully saturated rings. The van der Waals surface area contributed by atoms with Crippen molar-refractivity contribution in [2.24, 2.45) is 0 Å². The molecular weight excluding hydrogens is 638 g/mol. The van der Waals surface area contributed by atoms with Crippen LogP contribution in [0.15, 0.2) is 21.9 Å². The van der Waals surface area contributed by atoms with Crippen LogP contribution in [0.3, 0.4) is 0 Å². The zero-order valence-corrected chi connectivity index (χ0v) is 26.6. The predicted octanol–water partition coefficient (Wildman–Crippen LogP) is 5.38.